The summed E-state index contributed by atoms with van der Waals surface area (Å²) in [5.74, 6) is 0. The van der Waals surface area contributed by atoms with E-state index < -0.39 is 22.0 Å². The van der Waals surface area contributed by atoms with E-state index in [0.717, 1.165) is 0 Å². The Kier molecular flexibility index (Phi) is 4.01. The molecule has 0 aliphatic carbocycles. The Balaban J connectivity index is 3.92. The molecule has 0 rings (SSSR count). The van der Waals surface area contributed by atoms with Gasteiger partial charge in [0.25, 0.3) is 0 Å². The van der Waals surface area contributed by atoms with Crippen LogP contribution in [0.15, 0.2) is 0 Å². The minimum Gasteiger partial charge on any atom is -0.357 e. The molecule has 0 aromatic carbocycles. The van der Waals surface area contributed by atoms with Gasteiger partial charge in [-0.15, -0.1) is 0 Å². The molecule has 0 aliphatic rings. The Labute approximate surface area is 102 Å². The summed E-state index contributed by atoms with van der Waals surface area (Å²) in [6, 6.07) is 0. The van der Waals surface area contributed by atoms with Crippen molar-refractivity contribution < 1.29 is 36.1 Å². The molecule has 0 spiro atoms. The van der Waals surface area contributed by atoms with Crippen LogP contribution in [0.2, 0.25) is 14.1 Å². The molecule has 4 nitrogen and oxygen atoms in total. The molecule has 0 aromatic heterocycles. The molecule has 0 saturated heterocycles. The van der Waals surface area contributed by atoms with Crippen LogP contribution in [-0.2, 0) is 0 Å². The number of unbranched alkanes of at least 4 members (excludes halogenated alkanes) is 1. The number of quaternary nitrogens is 4. The predicted molar refractivity (Wildman–Crippen MR) is 57.3 cm³/mol. The second-order valence-electron chi connectivity index (χ2n) is 3.20. The zero-order chi connectivity index (χ0) is 19.1. The first-order valence-corrected chi connectivity index (χ1v) is 5.40. The first-order chi connectivity index (χ1) is 10.6. The fourth-order valence-electron chi connectivity index (χ4n) is 1.04. The van der Waals surface area contributed by atoms with Crippen LogP contribution >= 0.6 is 0 Å². The van der Waals surface area contributed by atoms with Crippen molar-refractivity contribution in [1.82, 2.24) is 0 Å². The molecule has 0 radical (unpaired) electrons. The summed E-state index contributed by atoms with van der Waals surface area (Å²) in [5.41, 5.74) is -2.85. The van der Waals surface area contributed by atoms with Crippen molar-refractivity contribution in [3.8, 4) is 0 Å². The van der Waals surface area contributed by atoms with E-state index >= 15 is 0 Å². The lowest BCUT2D eigenvalue weighted by atomic mass is 10.3. The Morgan fingerprint density at radius 2 is 1.21 bits per heavy atom. The van der Waals surface area contributed by atoms with Gasteiger partial charge in [-0.25, -0.2) is 0 Å². The smallest absolute Gasteiger partial charge is 0.346 e. The zero-order valence-electron chi connectivity index (χ0n) is 18.9. The molecule has 14 heavy (non-hydrogen) atoms. The zero-order valence-corrected chi connectivity index (χ0v) is 8.86. The summed E-state index contributed by atoms with van der Waals surface area (Å²) in [6.45, 7) is 0.516. The third kappa shape index (κ3) is 11.8. The van der Waals surface area contributed by atoms with Gasteiger partial charge in [0, 0.05) is 25.7 Å². The molecule has 0 aromatic rings. The van der Waals surface area contributed by atoms with Crippen LogP contribution in [0.25, 0.3) is 0 Å². The summed E-state index contributed by atoms with van der Waals surface area (Å²) in [6.07, 6.45) is 1.49. The monoisotopic (exact) mass is 216 g/mol. The topological polar surface area (TPSA) is 88.5 Å². The van der Waals surface area contributed by atoms with E-state index in [1.165, 1.54) is 0 Å². The van der Waals surface area contributed by atoms with Crippen LogP contribution in [0, 0.1) is 0 Å². The summed E-state index contributed by atoms with van der Waals surface area (Å²) >= 11 is 0. The highest BCUT2D eigenvalue weighted by atomic mass is 14.9. The summed E-state index contributed by atoms with van der Waals surface area (Å²) in [7, 11) is 0. The molecule has 0 heterocycles. The highest BCUT2D eigenvalue weighted by molar-refractivity contribution is 4.33. The highest BCUT2D eigenvalue weighted by Crippen LogP contribution is 1.77. The summed E-state index contributed by atoms with van der Waals surface area (Å²) in [5, 5.41) is -1.54. The van der Waals surface area contributed by atoms with Crippen LogP contribution in [0.5, 0.6) is 0 Å². The molecule has 10 N–H and O–H groups in total. The van der Waals surface area contributed by atoms with Crippen LogP contribution in [0.1, 0.15) is 25.7 Å². The minimum absolute atomic E-state index is 0.0702. The van der Waals surface area contributed by atoms with E-state index in [-0.39, 0.29) is 52.1 Å². The van der Waals surface area contributed by atoms with Crippen molar-refractivity contribution in [2.75, 3.05) is 39.3 Å². The summed E-state index contributed by atoms with van der Waals surface area (Å²) < 4.78 is 73.4. The van der Waals surface area contributed by atoms with E-state index in [4.69, 9.17) is 14.1 Å². The molecule has 86 valence electrons. The second kappa shape index (κ2) is 12.8. The molecule has 0 amide bonds. The maximum absolute atomic E-state index is 7.80. The van der Waals surface area contributed by atoms with Gasteiger partial charge in [-0.05, 0) is 0 Å². The number of hydrogen-bond acceptors (Lipinski definition) is 0. The van der Waals surface area contributed by atoms with E-state index in [1.54, 1.807) is 0 Å². The van der Waals surface area contributed by atoms with Crippen molar-refractivity contribution in [3.63, 3.8) is 0 Å². The fraction of sp³-hybridized carbons (Fsp3) is 1.00. The highest BCUT2D eigenvalue weighted by Gasteiger charge is 1.94. The summed E-state index contributed by atoms with van der Waals surface area (Å²) in [4.78, 5) is 0. The van der Waals surface area contributed by atoms with Gasteiger partial charge in [0.05, 0.1) is 39.3 Å². The van der Waals surface area contributed by atoms with E-state index in [0.29, 0.717) is 12.8 Å². The SMILES string of the molecule is [2H][N+]([2H])([2H])CCC[N+]([2H])([2H])CCCC[N+]([2H])([2H])CCC[N+]([2H])([2H])[2H]. The number of rotatable bonds is 13. The largest absolute Gasteiger partial charge is 0.357 e. The predicted octanol–water partition coefficient (Wildman–Crippen LogP) is -3.84. The lowest BCUT2D eigenvalue weighted by Gasteiger charge is -2.00. The van der Waals surface area contributed by atoms with Gasteiger partial charge < -0.3 is 22.0 Å². The van der Waals surface area contributed by atoms with Crippen LogP contribution in [-0.4, -0.2) is 39.3 Å². The molecule has 0 fully saturated rings. The first kappa shape index (κ1) is 4.37. The van der Waals surface area contributed by atoms with Gasteiger partial charge in [0.2, 0.25) is 0 Å². The molecule has 0 atom stereocenters. The molecule has 0 unspecified atom stereocenters. The minimum atomic E-state index is -1.42. The Morgan fingerprint density at radius 3 is 1.64 bits per heavy atom. The quantitative estimate of drug-likeness (QED) is 0.227. The molecular formula is C10H30N4+4. The molecule has 4 heteroatoms. The van der Waals surface area contributed by atoms with E-state index in [1.807, 2.05) is 0 Å². The average Bonchev–Trinajstić information content (AvgIpc) is 2.31. The second-order valence-corrected chi connectivity index (χ2v) is 3.20. The maximum Gasteiger partial charge on any atom is 0.346 e. The number of hydrogen-bond donors (Lipinski definition) is 4. The van der Waals surface area contributed by atoms with Crippen molar-refractivity contribution in [1.29, 1.82) is 0 Å². The van der Waals surface area contributed by atoms with Crippen molar-refractivity contribution >= 4 is 0 Å². The van der Waals surface area contributed by atoms with Gasteiger partial charge in [-0.2, -0.15) is 0 Å². The first-order valence-electron chi connectivity index (χ1n) is 9.87. The van der Waals surface area contributed by atoms with Gasteiger partial charge >= 0.3 is 14.1 Å². The molecule has 0 saturated carbocycles. The van der Waals surface area contributed by atoms with Crippen LogP contribution in [0.4, 0.5) is 0 Å². The van der Waals surface area contributed by atoms with E-state index in [2.05, 4.69) is 0 Å². The van der Waals surface area contributed by atoms with Gasteiger partial charge in [-0.3, -0.25) is 0 Å². The van der Waals surface area contributed by atoms with Crippen molar-refractivity contribution in [2.45, 2.75) is 25.7 Å². The van der Waals surface area contributed by atoms with Crippen molar-refractivity contribution in [2.24, 2.45) is 0 Å². The maximum atomic E-state index is 7.80. The van der Waals surface area contributed by atoms with Gasteiger partial charge in [0.1, 0.15) is 0 Å². The third-order valence-electron chi connectivity index (χ3n) is 1.83. The average molecular weight is 216 g/mol. The fourth-order valence-corrected chi connectivity index (χ4v) is 1.04. The lowest BCUT2D eigenvalue weighted by Crippen LogP contribution is -2.86. The van der Waals surface area contributed by atoms with E-state index in [9.17, 15) is 0 Å². The number of nitrogens with two attached hydrogens (primary N) is 2. The Bertz CT molecular complexity index is 321. The van der Waals surface area contributed by atoms with Gasteiger partial charge in [0.15, 0.2) is 0 Å². The van der Waals surface area contributed by atoms with Crippen LogP contribution < -0.4 is 22.0 Å². The Morgan fingerprint density at radius 1 is 0.786 bits per heavy atom. The normalized spacial score (nSPS) is 25.1. The molecule has 0 bridgehead atoms. The lowest BCUT2D eigenvalue weighted by molar-refractivity contribution is -0.666. The van der Waals surface area contributed by atoms with Crippen molar-refractivity contribution in [3.05, 3.63) is 0 Å². The molecular weight excluding hydrogens is 176 g/mol. The van der Waals surface area contributed by atoms with Gasteiger partial charge in [-0.1, -0.05) is 0 Å². The molecule has 0 aliphatic heterocycles. The van der Waals surface area contributed by atoms with Crippen LogP contribution in [0.3, 0.4) is 0 Å². The third-order valence-corrected chi connectivity index (χ3v) is 1.83. The standard InChI is InChI=1S/C10H26N4/c11-5-3-9-13-7-1-2-8-14-10-4-6-12/h13-14H,1-12H2/p+4/i/hD10. The Hall–Kier alpha value is -0.160.